The van der Waals surface area contributed by atoms with Gasteiger partial charge < -0.3 is 23.4 Å². The molecular formula is C29H28N2O7. The van der Waals surface area contributed by atoms with E-state index in [4.69, 9.17) is 23.4 Å². The Kier molecular flexibility index (Phi) is 8.71. The van der Waals surface area contributed by atoms with Crippen molar-refractivity contribution in [2.45, 2.75) is 20.0 Å². The molecule has 1 atom stereocenters. The highest BCUT2D eigenvalue weighted by Gasteiger charge is 2.33. The van der Waals surface area contributed by atoms with Gasteiger partial charge in [-0.05, 0) is 42.8 Å². The number of ketones is 1. The second kappa shape index (κ2) is 12.5. The molecule has 38 heavy (non-hydrogen) atoms. The molecule has 0 spiro atoms. The summed E-state index contributed by atoms with van der Waals surface area (Å²) in [6.07, 6.45) is 2.85. The highest BCUT2D eigenvalue weighted by atomic mass is 16.5. The van der Waals surface area contributed by atoms with E-state index in [1.54, 1.807) is 44.4 Å². The van der Waals surface area contributed by atoms with Crippen molar-refractivity contribution in [3.05, 3.63) is 90.1 Å². The molecule has 0 saturated heterocycles. The van der Waals surface area contributed by atoms with Crippen molar-refractivity contribution in [2.24, 2.45) is 5.92 Å². The number of ether oxygens (including phenoxy) is 4. The zero-order valence-corrected chi connectivity index (χ0v) is 21.4. The molecule has 2 heterocycles. The molecule has 0 N–H and O–H groups in total. The fourth-order valence-electron chi connectivity index (χ4n) is 3.84. The molecule has 9 nitrogen and oxygen atoms in total. The minimum atomic E-state index is -1.17. The number of methoxy groups -OCH3 is 2. The minimum absolute atomic E-state index is 0.0370. The quantitative estimate of drug-likeness (QED) is 0.147. The summed E-state index contributed by atoms with van der Waals surface area (Å²) in [5.74, 6) is -0.705. The number of aromatic nitrogens is 2. The van der Waals surface area contributed by atoms with Crippen LogP contribution in [0.2, 0.25) is 0 Å². The molecule has 2 aromatic carbocycles. The standard InChI is InChI=1S/C29H28N2O7/c1-4-36-24-11-8-14-30-26(24)27(32)22(29(33)35-3)16-21-18-38-28(31-21)20-12-13-23(34-2)25(15-20)37-17-19-9-6-5-7-10-19/h5-15,18,22H,4,16-17H2,1-3H3. The molecule has 0 aliphatic rings. The first-order chi connectivity index (χ1) is 18.5. The topological polar surface area (TPSA) is 110 Å². The number of oxazole rings is 1. The molecule has 0 fully saturated rings. The molecule has 0 radical (unpaired) electrons. The second-order valence-corrected chi connectivity index (χ2v) is 8.21. The first-order valence-electron chi connectivity index (χ1n) is 12.0. The van der Waals surface area contributed by atoms with E-state index in [0.717, 1.165) is 5.56 Å². The van der Waals surface area contributed by atoms with E-state index in [2.05, 4.69) is 9.97 Å². The van der Waals surface area contributed by atoms with Crippen LogP contribution < -0.4 is 14.2 Å². The molecular weight excluding hydrogens is 488 g/mol. The smallest absolute Gasteiger partial charge is 0.317 e. The van der Waals surface area contributed by atoms with Gasteiger partial charge in [0.1, 0.15) is 30.2 Å². The van der Waals surface area contributed by atoms with Gasteiger partial charge in [0, 0.05) is 18.2 Å². The number of hydrogen-bond donors (Lipinski definition) is 0. The van der Waals surface area contributed by atoms with Crippen LogP contribution in [0.1, 0.15) is 28.7 Å². The number of Topliss-reactive ketones (excluding diaryl/α,β-unsaturated/α-hetero) is 1. The molecule has 4 aromatic rings. The summed E-state index contributed by atoms with van der Waals surface area (Å²) in [6.45, 7) is 2.51. The van der Waals surface area contributed by atoms with E-state index in [9.17, 15) is 9.59 Å². The van der Waals surface area contributed by atoms with Gasteiger partial charge in [0.2, 0.25) is 5.89 Å². The molecule has 0 aliphatic carbocycles. The normalized spacial score (nSPS) is 11.4. The maximum Gasteiger partial charge on any atom is 0.317 e. The van der Waals surface area contributed by atoms with Gasteiger partial charge in [0.15, 0.2) is 17.3 Å². The number of carbonyl (C=O) groups is 2. The van der Waals surface area contributed by atoms with E-state index in [0.29, 0.717) is 47.6 Å². The van der Waals surface area contributed by atoms with E-state index in [-0.39, 0.29) is 12.1 Å². The molecule has 0 aliphatic heterocycles. The van der Waals surface area contributed by atoms with Gasteiger partial charge >= 0.3 is 5.97 Å². The van der Waals surface area contributed by atoms with E-state index >= 15 is 0 Å². The Morgan fingerprint density at radius 1 is 0.947 bits per heavy atom. The summed E-state index contributed by atoms with van der Waals surface area (Å²) >= 11 is 0. The number of benzene rings is 2. The third kappa shape index (κ3) is 6.18. The summed E-state index contributed by atoms with van der Waals surface area (Å²) in [5.41, 5.74) is 2.12. The molecule has 1 unspecified atom stereocenters. The van der Waals surface area contributed by atoms with Gasteiger partial charge in [-0.3, -0.25) is 9.59 Å². The Labute approximate surface area is 220 Å². The zero-order chi connectivity index (χ0) is 26.9. The number of pyridine rings is 1. The summed E-state index contributed by atoms with van der Waals surface area (Å²) in [4.78, 5) is 34.5. The molecule has 2 aromatic heterocycles. The van der Waals surface area contributed by atoms with Gasteiger partial charge in [-0.2, -0.15) is 0 Å². The maximum atomic E-state index is 13.3. The monoisotopic (exact) mass is 516 g/mol. The van der Waals surface area contributed by atoms with E-state index in [1.165, 1.54) is 19.6 Å². The Morgan fingerprint density at radius 2 is 1.76 bits per heavy atom. The minimum Gasteiger partial charge on any atom is -0.493 e. The number of rotatable bonds is 12. The highest BCUT2D eigenvalue weighted by Crippen LogP contribution is 2.33. The number of nitrogens with zero attached hydrogens (tertiary/aromatic N) is 2. The van der Waals surface area contributed by atoms with Gasteiger partial charge in [-0.25, -0.2) is 9.97 Å². The first kappa shape index (κ1) is 26.4. The van der Waals surface area contributed by atoms with Crippen LogP contribution in [0.25, 0.3) is 11.5 Å². The molecule has 4 rings (SSSR count). The van der Waals surface area contributed by atoms with Crippen LogP contribution in [0, 0.1) is 5.92 Å². The van der Waals surface area contributed by atoms with Gasteiger partial charge in [0.25, 0.3) is 0 Å². The molecule has 0 bridgehead atoms. The number of hydrogen-bond acceptors (Lipinski definition) is 9. The number of carbonyl (C=O) groups excluding carboxylic acids is 2. The van der Waals surface area contributed by atoms with Gasteiger partial charge in [0.05, 0.1) is 26.5 Å². The van der Waals surface area contributed by atoms with Crippen LogP contribution in [0.5, 0.6) is 17.2 Å². The lowest BCUT2D eigenvalue weighted by molar-refractivity contribution is -0.143. The lowest BCUT2D eigenvalue weighted by Crippen LogP contribution is -2.28. The predicted molar refractivity (Wildman–Crippen MR) is 138 cm³/mol. The Hall–Kier alpha value is -4.66. The zero-order valence-electron chi connectivity index (χ0n) is 21.4. The number of esters is 1. The Bertz CT molecular complexity index is 1380. The predicted octanol–water partition coefficient (Wildman–Crippen LogP) is 4.94. The molecule has 9 heteroatoms. The molecule has 0 saturated carbocycles. The lowest BCUT2D eigenvalue weighted by Gasteiger charge is -2.14. The van der Waals surface area contributed by atoms with Crippen molar-refractivity contribution >= 4 is 11.8 Å². The van der Waals surface area contributed by atoms with Crippen LogP contribution in [0.3, 0.4) is 0 Å². The lowest BCUT2D eigenvalue weighted by atomic mass is 9.95. The second-order valence-electron chi connectivity index (χ2n) is 8.21. The van der Waals surface area contributed by atoms with Gasteiger partial charge in [-0.1, -0.05) is 30.3 Å². The van der Waals surface area contributed by atoms with Crippen molar-refractivity contribution in [3.8, 4) is 28.7 Å². The van der Waals surface area contributed by atoms with Crippen LogP contribution in [0.4, 0.5) is 0 Å². The van der Waals surface area contributed by atoms with Crippen molar-refractivity contribution in [1.29, 1.82) is 0 Å². The summed E-state index contributed by atoms with van der Waals surface area (Å²) in [6, 6.07) is 18.4. The van der Waals surface area contributed by atoms with Crippen molar-refractivity contribution in [2.75, 3.05) is 20.8 Å². The van der Waals surface area contributed by atoms with Crippen molar-refractivity contribution < 1.29 is 33.0 Å². The average molecular weight is 517 g/mol. The van der Waals surface area contributed by atoms with Crippen LogP contribution in [-0.4, -0.2) is 42.5 Å². The maximum absolute atomic E-state index is 13.3. The fraction of sp³-hybridized carbons (Fsp3) is 0.241. The van der Waals surface area contributed by atoms with E-state index < -0.39 is 17.7 Å². The summed E-state index contributed by atoms with van der Waals surface area (Å²) < 4.78 is 27.5. The van der Waals surface area contributed by atoms with Crippen molar-refractivity contribution in [1.82, 2.24) is 9.97 Å². The Morgan fingerprint density at radius 3 is 2.50 bits per heavy atom. The third-order valence-corrected chi connectivity index (χ3v) is 5.72. The van der Waals surface area contributed by atoms with Crippen LogP contribution >= 0.6 is 0 Å². The SMILES string of the molecule is CCOc1cccnc1C(=O)C(Cc1coc(-c2ccc(OC)c(OCc3ccccc3)c2)n1)C(=O)OC. The van der Waals surface area contributed by atoms with E-state index in [1.807, 2.05) is 30.3 Å². The first-order valence-corrected chi connectivity index (χ1v) is 12.0. The van der Waals surface area contributed by atoms with Crippen molar-refractivity contribution in [3.63, 3.8) is 0 Å². The van der Waals surface area contributed by atoms with Crippen LogP contribution in [-0.2, 0) is 22.6 Å². The van der Waals surface area contributed by atoms with Gasteiger partial charge in [-0.15, -0.1) is 0 Å². The highest BCUT2D eigenvalue weighted by molar-refractivity contribution is 6.09. The summed E-state index contributed by atoms with van der Waals surface area (Å²) in [5, 5.41) is 0. The molecule has 196 valence electrons. The average Bonchev–Trinajstić information content (AvgIpc) is 3.43. The third-order valence-electron chi connectivity index (χ3n) is 5.72. The largest absolute Gasteiger partial charge is 0.493 e. The molecule has 0 amide bonds. The summed E-state index contributed by atoms with van der Waals surface area (Å²) in [7, 11) is 2.79. The van der Waals surface area contributed by atoms with Crippen LogP contribution in [0.15, 0.2) is 77.5 Å². The fourth-order valence-corrected chi connectivity index (χ4v) is 3.84. The Balaban J connectivity index is 1.55.